The number of amides is 2. The molecule has 2 amide bonds. The molecule has 0 radical (unpaired) electrons. The van der Waals surface area contributed by atoms with Crippen molar-refractivity contribution >= 4 is 29.4 Å². The first-order chi connectivity index (χ1) is 17.1. The third-order valence-corrected chi connectivity index (χ3v) is 7.98. The summed E-state index contributed by atoms with van der Waals surface area (Å²) >= 11 is 0. The molecule has 0 saturated carbocycles. The van der Waals surface area contributed by atoms with Crippen molar-refractivity contribution in [3.05, 3.63) is 63.8 Å². The van der Waals surface area contributed by atoms with Crippen molar-refractivity contribution in [1.29, 1.82) is 0 Å². The molecule has 1 fully saturated rings. The average Bonchev–Trinajstić information content (AvgIpc) is 3.08. The fourth-order valence-electron chi connectivity index (χ4n) is 6.27. The van der Waals surface area contributed by atoms with E-state index in [1.165, 1.54) is 11.0 Å². The van der Waals surface area contributed by atoms with Gasteiger partial charge in [-0.25, -0.2) is 0 Å². The zero-order valence-electron chi connectivity index (χ0n) is 20.1. The van der Waals surface area contributed by atoms with Crippen molar-refractivity contribution in [3.8, 4) is 5.75 Å². The lowest BCUT2D eigenvalue weighted by molar-refractivity contribution is -0.142. The van der Waals surface area contributed by atoms with E-state index in [0.29, 0.717) is 28.7 Å². The molecule has 1 aliphatic heterocycles. The normalized spacial score (nSPS) is 27.4. The van der Waals surface area contributed by atoms with Crippen LogP contribution in [0.4, 0.5) is 0 Å². The first-order valence-electron chi connectivity index (χ1n) is 12.2. The summed E-state index contributed by atoms with van der Waals surface area (Å²) in [7, 11) is 0. The maximum atomic E-state index is 13.5. The molecular weight excluding hydrogens is 462 g/mol. The van der Waals surface area contributed by atoms with Crippen molar-refractivity contribution in [2.45, 2.75) is 45.4 Å². The number of allylic oxidation sites excluding steroid dienone is 6. The van der Waals surface area contributed by atoms with E-state index in [0.717, 1.165) is 11.1 Å². The van der Waals surface area contributed by atoms with E-state index in [-0.39, 0.29) is 54.9 Å². The molecule has 1 aromatic carbocycles. The lowest BCUT2D eigenvalue weighted by atomic mass is 9.59. The minimum atomic E-state index is -0.988. The summed E-state index contributed by atoms with van der Waals surface area (Å²) in [5.74, 6) is -4.16. The number of hydrogen-bond donors (Lipinski definition) is 2. The highest BCUT2D eigenvalue weighted by Crippen LogP contribution is 2.55. The number of hydrogen-bond acceptors (Lipinski definition) is 6. The Kier molecular flexibility index (Phi) is 5.77. The van der Waals surface area contributed by atoms with Crippen LogP contribution in [0.3, 0.4) is 0 Å². The van der Waals surface area contributed by atoms with Gasteiger partial charge in [0.15, 0.2) is 11.6 Å². The number of likely N-dealkylation sites (tertiary alicyclic amines) is 1. The SMILES string of the molecule is CC1=CC(=O)C2=C(C1=O)[C@@H](c1ccc(O)c(C)c1)C1=CC[C@@H]3C(=O)N(CCCC(=O)O)C(=O)[C@@H]3[C@@H]1C2. The smallest absolute Gasteiger partial charge is 0.303 e. The van der Waals surface area contributed by atoms with Gasteiger partial charge in [0, 0.05) is 35.6 Å². The van der Waals surface area contributed by atoms with Crippen LogP contribution in [0, 0.1) is 24.7 Å². The fourth-order valence-corrected chi connectivity index (χ4v) is 6.27. The predicted molar refractivity (Wildman–Crippen MR) is 128 cm³/mol. The largest absolute Gasteiger partial charge is 0.508 e. The van der Waals surface area contributed by atoms with Gasteiger partial charge in [-0.05, 0) is 62.3 Å². The molecule has 36 heavy (non-hydrogen) atoms. The van der Waals surface area contributed by atoms with Crippen molar-refractivity contribution in [1.82, 2.24) is 4.90 Å². The summed E-state index contributed by atoms with van der Waals surface area (Å²) in [5.41, 5.74) is 3.39. The van der Waals surface area contributed by atoms with Gasteiger partial charge in [0.25, 0.3) is 0 Å². The third kappa shape index (κ3) is 3.63. The van der Waals surface area contributed by atoms with Crippen LogP contribution in [-0.4, -0.2) is 51.0 Å². The number of carboxylic acid groups (broad SMARTS) is 1. The van der Waals surface area contributed by atoms with Crippen molar-refractivity contribution < 1.29 is 34.2 Å². The summed E-state index contributed by atoms with van der Waals surface area (Å²) in [5, 5.41) is 19.0. The Morgan fingerprint density at radius 2 is 1.83 bits per heavy atom. The Labute approximate surface area is 208 Å². The summed E-state index contributed by atoms with van der Waals surface area (Å²) in [4.78, 5) is 65.2. The third-order valence-electron chi connectivity index (χ3n) is 7.98. The summed E-state index contributed by atoms with van der Waals surface area (Å²) in [6.07, 6.45) is 3.87. The summed E-state index contributed by atoms with van der Waals surface area (Å²) < 4.78 is 0. The van der Waals surface area contributed by atoms with Gasteiger partial charge in [-0.3, -0.25) is 28.9 Å². The number of ketones is 2. The number of carbonyl (C=O) groups is 5. The Morgan fingerprint density at radius 1 is 1.08 bits per heavy atom. The molecule has 0 unspecified atom stereocenters. The molecule has 1 saturated heterocycles. The van der Waals surface area contributed by atoms with E-state index in [4.69, 9.17) is 5.11 Å². The number of benzene rings is 1. The molecule has 2 N–H and O–H groups in total. The average molecular weight is 490 g/mol. The number of aromatic hydroxyl groups is 1. The lowest BCUT2D eigenvalue weighted by Gasteiger charge is -2.42. The molecule has 1 aromatic rings. The number of aliphatic carboxylic acids is 1. The minimum Gasteiger partial charge on any atom is -0.508 e. The van der Waals surface area contributed by atoms with Gasteiger partial charge in [-0.1, -0.05) is 23.8 Å². The van der Waals surface area contributed by atoms with Crippen molar-refractivity contribution in [3.63, 3.8) is 0 Å². The van der Waals surface area contributed by atoms with Crippen LogP contribution in [-0.2, 0) is 24.0 Å². The molecule has 4 aliphatic rings. The van der Waals surface area contributed by atoms with E-state index in [1.54, 1.807) is 32.0 Å². The molecule has 0 spiro atoms. The number of aryl methyl sites for hydroxylation is 1. The highest BCUT2D eigenvalue weighted by atomic mass is 16.4. The number of fused-ring (bicyclic) bond motifs is 3. The molecule has 186 valence electrons. The molecular formula is C28H27NO7. The zero-order chi connectivity index (χ0) is 25.9. The Bertz CT molecular complexity index is 1330. The Hall–Kier alpha value is -3.81. The number of phenols is 1. The molecule has 0 aromatic heterocycles. The van der Waals surface area contributed by atoms with E-state index >= 15 is 0 Å². The van der Waals surface area contributed by atoms with E-state index < -0.39 is 29.6 Å². The molecule has 8 heteroatoms. The number of nitrogens with zero attached hydrogens (tertiary/aromatic N) is 1. The van der Waals surface area contributed by atoms with Crippen LogP contribution < -0.4 is 0 Å². The minimum absolute atomic E-state index is 0.0485. The van der Waals surface area contributed by atoms with Crippen LogP contribution in [0.1, 0.15) is 49.7 Å². The zero-order valence-corrected chi connectivity index (χ0v) is 20.1. The van der Waals surface area contributed by atoms with Crippen LogP contribution in [0.15, 0.2) is 52.6 Å². The second kappa shape index (κ2) is 8.69. The first-order valence-corrected chi connectivity index (χ1v) is 12.2. The Balaban J connectivity index is 1.58. The molecule has 5 rings (SSSR count). The number of phenolic OH excluding ortho intramolecular Hbond substituents is 1. The van der Waals surface area contributed by atoms with Crippen molar-refractivity contribution in [2.24, 2.45) is 17.8 Å². The van der Waals surface area contributed by atoms with E-state index in [1.807, 2.05) is 6.08 Å². The van der Waals surface area contributed by atoms with Crippen molar-refractivity contribution in [2.75, 3.05) is 6.54 Å². The molecule has 8 nitrogen and oxygen atoms in total. The Morgan fingerprint density at radius 3 is 2.53 bits per heavy atom. The second-order valence-electron chi connectivity index (χ2n) is 10.1. The molecule has 0 bridgehead atoms. The fraction of sp³-hybridized carbons (Fsp3) is 0.393. The maximum absolute atomic E-state index is 13.5. The monoisotopic (exact) mass is 489 g/mol. The van der Waals surface area contributed by atoms with Gasteiger partial charge < -0.3 is 10.2 Å². The summed E-state index contributed by atoms with van der Waals surface area (Å²) in [6, 6.07) is 5.09. The standard InChI is InChI=1S/C28H27NO7/c1-13-10-15(5-8-20(13)30)23-16-6-7-17-24(28(36)29(27(17)35)9-3-4-22(32)33)18(16)12-19-21(31)11-14(2)26(34)25(19)23/h5-6,8,10-11,17-18,23-24,30H,3-4,7,9,12H2,1-2H3,(H,32,33)/t17-,18+,23-,24-/m0/s1. The van der Waals surface area contributed by atoms with Gasteiger partial charge in [0.05, 0.1) is 11.8 Å². The van der Waals surface area contributed by atoms with Crippen LogP contribution in [0.25, 0.3) is 0 Å². The highest BCUT2D eigenvalue weighted by Gasteiger charge is 2.56. The van der Waals surface area contributed by atoms with Gasteiger partial charge in [0.1, 0.15) is 5.75 Å². The van der Waals surface area contributed by atoms with Gasteiger partial charge >= 0.3 is 5.97 Å². The van der Waals surface area contributed by atoms with Crippen LogP contribution in [0.2, 0.25) is 0 Å². The summed E-state index contributed by atoms with van der Waals surface area (Å²) in [6.45, 7) is 3.43. The van der Waals surface area contributed by atoms with Crippen LogP contribution >= 0.6 is 0 Å². The number of rotatable bonds is 5. The maximum Gasteiger partial charge on any atom is 0.303 e. The predicted octanol–water partition coefficient (Wildman–Crippen LogP) is 2.99. The van der Waals surface area contributed by atoms with Gasteiger partial charge in [-0.15, -0.1) is 0 Å². The number of imide groups is 1. The number of Topliss-reactive ketones (excluding diaryl/α,β-unsaturated/α-hetero) is 1. The highest BCUT2D eigenvalue weighted by molar-refractivity contribution is 6.23. The topological polar surface area (TPSA) is 129 Å². The molecule has 1 heterocycles. The van der Waals surface area contributed by atoms with Gasteiger partial charge in [0.2, 0.25) is 11.8 Å². The van der Waals surface area contributed by atoms with E-state index in [2.05, 4.69) is 0 Å². The van der Waals surface area contributed by atoms with Crippen LogP contribution in [0.5, 0.6) is 5.75 Å². The number of carbonyl (C=O) groups excluding carboxylic acids is 4. The molecule has 3 aliphatic carbocycles. The molecule has 4 atom stereocenters. The quantitative estimate of drug-likeness (QED) is 0.370. The first kappa shape index (κ1) is 23.9. The number of carboxylic acids is 1. The second-order valence-corrected chi connectivity index (χ2v) is 10.1. The van der Waals surface area contributed by atoms with Gasteiger partial charge in [-0.2, -0.15) is 0 Å². The van der Waals surface area contributed by atoms with E-state index in [9.17, 15) is 29.1 Å². The lowest BCUT2D eigenvalue weighted by Crippen LogP contribution is -2.40.